The molecule has 2 heterocycles. The molecule has 0 aliphatic carbocycles. The summed E-state index contributed by atoms with van der Waals surface area (Å²) in [5, 5.41) is 0. The van der Waals surface area contributed by atoms with Crippen LogP contribution in [0.4, 0.5) is 0 Å². The Morgan fingerprint density at radius 1 is 1.04 bits per heavy atom. The summed E-state index contributed by atoms with van der Waals surface area (Å²) in [7, 11) is 0. The highest BCUT2D eigenvalue weighted by molar-refractivity contribution is 8.04. The predicted molar refractivity (Wildman–Crippen MR) is 95.5 cm³/mol. The summed E-state index contributed by atoms with van der Waals surface area (Å²) < 4.78 is 5.34. The fraction of sp³-hybridized carbons (Fsp3) is 0.444. The Morgan fingerprint density at radius 2 is 1.75 bits per heavy atom. The molecule has 0 N–H and O–H groups in total. The van der Waals surface area contributed by atoms with Crippen molar-refractivity contribution in [1.29, 1.82) is 0 Å². The molecular formula is C18H22N2O3S. The topological polar surface area (TPSA) is 49.9 Å². The van der Waals surface area contributed by atoms with Crippen LogP contribution in [-0.2, 0) is 14.3 Å². The normalized spacial score (nSPS) is 19.5. The van der Waals surface area contributed by atoms with E-state index in [0.29, 0.717) is 36.8 Å². The van der Waals surface area contributed by atoms with Crippen LogP contribution in [0.15, 0.2) is 35.2 Å². The number of carbonyl (C=O) groups is 2. The van der Waals surface area contributed by atoms with Crippen LogP contribution in [0.5, 0.6) is 0 Å². The van der Waals surface area contributed by atoms with Gasteiger partial charge in [0.05, 0.1) is 23.7 Å². The summed E-state index contributed by atoms with van der Waals surface area (Å²) in [6, 6.07) is 9.48. The van der Waals surface area contributed by atoms with Crippen molar-refractivity contribution in [2.45, 2.75) is 6.92 Å². The van der Waals surface area contributed by atoms with E-state index >= 15 is 0 Å². The summed E-state index contributed by atoms with van der Waals surface area (Å²) in [5.74, 6) is 0.441. The Morgan fingerprint density at radius 3 is 2.42 bits per heavy atom. The monoisotopic (exact) mass is 346 g/mol. The number of rotatable bonds is 6. The summed E-state index contributed by atoms with van der Waals surface area (Å²) in [4.78, 5) is 29.8. The zero-order valence-electron chi connectivity index (χ0n) is 13.9. The SMILES string of the molecule is CCSC1=C(c2ccccc2)C(=O)N(CCN2CCOCC2)C1=O. The predicted octanol–water partition coefficient (Wildman–Crippen LogP) is 1.85. The Labute approximate surface area is 146 Å². The smallest absolute Gasteiger partial charge is 0.268 e. The second kappa shape index (κ2) is 7.96. The Hall–Kier alpha value is -1.63. The van der Waals surface area contributed by atoms with Crippen molar-refractivity contribution in [3.63, 3.8) is 0 Å². The summed E-state index contributed by atoms with van der Waals surface area (Å²) in [5.41, 5.74) is 1.37. The first-order valence-corrected chi connectivity index (χ1v) is 9.29. The molecule has 5 nitrogen and oxygen atoms in total. The van der Waals surface area contributed by atoms with Gasteiger partial charge in [-0.25, -0.2) is 0 Å². The minimum Gasteiger partial charge on any atom is -0.379 e. The number of carbonyl (C=O) groups excluding carboxylic acids is 2. The zero-order chi connectivity index (χ0) is 16.9. The van der Waals surface area contributed by atoms with E-state index in [1.807, 2.05) is 37.3 Å². The highest BCUT2D eigenvalue weighted by Crippen LogP contribution is 2.35. The van der Waals surface area contributed by atoms with Crippen LogP contribution < -0.4 is 0 Å². The van der Waals surface area contributed by atoms with Crippen LogP contribution in [0.2, 0.25) is 0 Å². The van der Waals surface area contributed by atoms with E-state index in [2.05, 4.69) is 4.90 Å². The highest BCUT2D eigenvalue weighted by atomic mass is 32.2. The Bertz CT molecular complexity index is 639. The van der Waals surface area contributed by atoms with Gasteiger partial charge in [0.25, 0.3) is 11.8 Å². The van der Waals surface area contributed by atoms with Crippen molar-refractivity contribution < 1.29 is 14.3 Å². The molecule has 3 rings (SSSR count). The van der Waals surface area contributed by atoms with Gasteiger partial charge in [0.1, 0.15) is 0 Å². The third kappa shape index (κ3) is 3.55. The Balaban J connectivity index is 1.77. The lowest BCUT2D eigenvalue weighted by molar-refractivity contribution is -0.136. The maximum Gasteiger partial charge on any atom is 0.268 e. The van der Waals surface area contributed by atoms with Crippen molar-refractivity contribution in [3.05, 3.63) is 40.8 Å². The van der Waals surface area contributed by atoms with Crippen LogP contribution in [0.1, 0.15) is 12.5 Å². The number of ether oxygens (including phenoxy) is 1. The summed E-state index contributed by atoms with van der Waals surface area (Å²) >= 11 is 1.45. The number of imide groups is 1. The molecule has 6 heteroatoms. The molecule has 1 aromatic carbocycles. The molecule has 0 spiro atoms. The molecule has 2 amide bonds. The van der Waals surface area contributed by atoms with Gasteiger partial charge in [-0.3, -0.25) is 19.4 Å². The molecule has 0 bridgehead atoms. The molecule has 128 valence electrons. The van der Waals surface area contributed by atoms with Gasteiger partial charge in [0.15, 0.2) is 0 Å². The average molecular weight is 346 g/mol. The number of nitrogens with zero attached hydrogens (tertiary/aromatic N) is 2. The van der Waals surface area contributed by atoms with Gasteiger partial charge < -0.3 is 4.74 Å². The van der Waals surface area contributed by atoms with E-state index < -0.39 is 0 Å². The van der Waals surface area contributed by atoms with Gasteiger partial charge in [-0.1, -0.05) is 37.3 Å². The first-order chi connectivity index (χ1) is 11.7. The first-order valence-electron chi connectivity index (χ1n) is 8.31. The number of morpholine rings is 1. The van der Waals surface area contributed by atoms with E-state index in [1.54, 1.807) is 0 Å². The van der Waals surface area contributed by atoms with Gasteiger partial charge in [-0.05, 0) is 11.3 Å². The quantitative estimate of drug-likeness (QED) is 0.736. The molecule has 0 radical (unpaired) electrons. The molecule has 24 heavy (non-hydrogen) atoms. The minimum atomic E-state index is -0.171. The first kappa shape index (κ1) is 17.2. The van der Waals surface area contributed by atoms with Gasteiger partial charge >= 0.3 is 0 Å². The van der Waals surface area contributed by atoms with E-state index in [9.17, 15) is 9.59 Å². The van der Waals surface area contributed by atoms with Crippen LogP contribution in [-0.4, -0.2) is 66.8 Å². The fourth-order valence-corrected chi connectivity index (χ4v) is 3.83. The van der Waals surface area contributed by atoms with Crippen molar-refractivity contribution in [3.8, 4) is 0 Å². The van der Waals surface area contributed by atoms with Gasteiger partial charge in [0.2, 0.25) is 0 Å². The number of thioether (sulfide) groups is 1. The van der Waals surface area contributed by atoms with Crippen molar-refractivity contribution in [2.24, 2.45) is 0 Å². The van der Waals surface area contributed by atoms with Crippen LogP contribution in [0, 0.1) is 0 Å². The molecule has 0 aromatic heterocycles. The minimum absolute atomic E-state index is 0.154. The van der Waals surface area contributed by atoms with E-state index in [4.69, 9.17) is 4.74 Å². The van der Waals surface area contributed by atoms with Crippen LogP contribution >= 0.6 is 11.8 Å². The highest BCUT2D eigenvalue weighted by Gasteiger charge is 2.38. The molecule has 1 saturated heterocycles. The third-order valence-electron chi connectivity index (χ3n) is 4.22. The second-order valence-corrected chi connectivity index (χ2v) is 6.99. The number of benzene rings is 1. The van der Waals surface area contributed by atoms with Gasteiger partial charge in [-0.15, -0.1) is 11.8 Å². The summed E-state index contributed by atoms with van der Waals surface area (Å²) in [6.45, 7) is 6.26. The van der Waals surface area contributed by atoms with Gasteiger partial charge in [0, 0.05) is 26.2 Å². The molecule has 0 unspecified atom stereocenters. The maximum atomic E-state index is 12.9. The fourth-order valence-electron chi connectivity index (χ4n) is 2.96. The maximum absolute atomic E-state index is 12.9. The van der Waals surface area contributed by atoms with E-state index in [1.165, 1.54) is 16.7 Å². The van der Waals surface area contributed by atoms with Gasteiger partial charge in [-0.2, -0.15) is 0 Å². The largest absolute Gasteiger partial charge is 0.379 e. The average Bonchev–Trinajstić information content (AvgIpc) is 2.85. The molecular weight excluding hydrogens is 324 g/mol. The third-order valence-corrected chi connectivity index (χ3v) is 5.18. The molecule has 2 aliphatic heterocycles. The number of amides is 2. The van der Waals surface area contributed by atoms with Crippen LogP contribution in [0.3, 0.4) is 0 Å². The molecule has 1 fully saturated rings. The zero-order valence-corrected chi connectivity index (χ0v) is 14.7. The van der Waals surface area contributed by atoms with E-state index in [0.717, 1.165) is 24.4 Å². The lowest BCUT2D eigenvalue weighted by atomic mass is 10.1. The Kier molecular flexibility index (Phi) is 5.71. The summed E-state index contributed by atoms with van der Waals surface area (Å²) in [6.07, 6.45) is 0. The van der Waals surface area contributed by atoms with E-state index in [-0.39, 0.29) is 11.8 Å². The molecule has 1 aromatic rings. The van der Waals surface area contributed by atoms with Crippen molar-refractivity contribution in [2.75, 3.05) is 45.1 Å². The second-order valence-electron chi connectivity index (χ2n) is 5.72. The van der Waals surface area contributed by atoms with Crippen molar-refractivity contribution >= 4 is 29.1 Å². The number of hydrogen-bond acceptors (Lipinski definition) is 5. The van der Waals surface area contributed by atoms with Crippen molar-refractivity contribution in [1.82, 2.24) is 9.80 Å². The lowest BCUT2D eigenvalue weighted by Gasteiger charge is -2.28. The molecule has 2 aliphatic rings. The molecule has 0 atom stereocenters. The standard InChI is InChI=1S/C18H22N2O3S/c1-2-24-16-15(14-6-4-3-5-7-14)17(21)20(18(16)22)9-8-19-10-12-23-13-11-19/h3-7H,2,8-13H2,1H3. The lowest BCUT2D eigenvalue weighted by Crippen LogP contribution is -2.43. The van der Waals surface area contributed by atoms with Crippen LogP contribution in [0.25, 0.3) is 5.57 Å². The number of hydrogen-bond donors (Lipinski definition) is 0. The molecule has 0 saturated carbocycles.